The lowest BCUT2D eigenvalue weighted by Crippen LogP contribution is -2.44. The highest BCUT2D eigenvalue weighted by molar-refractivity contribution is 5.97. The maximum atomic E-state index is 13.0. The first-order chi connectivity index (χ1) is 12.5. The van der Waals surface area contributed by atoms with E-state index in [2.05, 4.69) is 4.90 Å². The van der Waals surface area contributed by atoms with Gasteiger partial charge in [0.1, 0.15) is 11.6 Å². The number of Topliss-reactive ketones (excluding diaryl/α,β-unsaturated/α-hetero) is 1. The molecular weight excluding hydrogens is 336 g/mol. The molecule has 26 heavy (non-hydrogen) atoms. The highest BCUT2D eigenvalue weighted by Gasteiger charge is 2.30. The van der Waals surface area contributed by atoms with Crippen LogP contribution in [0.25, 0.3) is 0 Å². The van der Waals surface area contributed by atoms with Crippen molar-refractivity contribution in [2.75, 3.05) is 13.1 Å². The normalized spacial score (nSPS) is 18.5. The first kappa shape index (κ1) is 18.7. The van der Waals surface area contributed by atoms with E-state index in [0.29, 0.717) is 37.1 Å². The molecule has 3 nitrogen and oxygen atoms in total. The predicted octanol–water partition coefficient (Wildman–Crippen LogP) is 3.98. The minimum Gasteiger partial charge on any atom is -0.387 e. The van der Waals surface area contributed by atoms with Gasteiger partial charge in [-0.25, -0.2) is 8.78 Å². The molecule has 2 aromatic carbocycles. The third-order valence-electron chi connectivity index (χ3n) is 5.27. The molecule has 1 fully saturated rings. The molecule has 2 unspecified atom stereocenters. The lowest BCUT2D eigenvalue weighted by molar-refractivity contribution is 0.0362. The SMILES string of the molecule is CC(C(O)c1ccc(F)cc1)N1CCC(C(=O)c2ccc(F)cc2)CC1. The van der Waals surface area contributed by atoms with Gasteiger partial charge in [0.25, 0.3) is 0 Å². The van der Waals surface area contributed by atoms with E-state index in [4.69, 9.17) is 0 Å². The van der Waals surface area contributed by atoms with Gasteiger partial charge in [-0.3, -0.25) is 9.69 Å². The average molecular weight is 359 g/mol. The van der Waals surface area contributed by atoms with E-state index in [9.17, 15) is 18.7 Å². The summed E-state index contributed by atoms with van der Waals surface area (Å²) in [7, 11) is 0. The molecule has 0 amide bonds. The van der Waals surface area contributed by atoms with Gasteiger partial charge in [0, 0.05) is 17.5 Å². The number of carbonyl (C=O) groups excluding carboxylic acids is 1. The van der Waals surface area contributed by atoms with Crippen LogP contribution < -0.4 is 0 Å². The van der Waals surface area contributed by atoms with Gasteiger partial charge in [0.05, 0.1) is 6.10 Å². The van der Waals surface area contributed by atoms with Crippen molar-refractivity contribution in [1.29, 1.82) is 0 Å². The van der Waals surface area contributed by atoms with Crippen LogP contribution in [-0.2, 0) is 0 Å². The van der Waals surface area contributed by atoms with Crippen LogP contribution in [0.3, 0.4) is 0 Å². The van der Waals surface area contributed by atoms with Gasteiger partial charge in [0.15, 0.2) is 5.78 Å². The monoisotopic (exact) mass is 359 g/mol. The molecule has 0 spiro atoms. The number of halogens is 2. The summed E-state index contributed by atoms with van der Waals surface area (Å²) in [4.78, 5) is 14.7. The summed E-state index contributed by atoms with van der Waals surface area (Å²) in [5, 5.41) is 10.5. The van der Waals surface area contributed by atoms with Gasteiger partial charge in [-0.2, -0.15) is 0 Å². The summed E-state index contributed by atoms with van der Waals surface area (Å²) < 4.78 is 26.0. The average Bonchev–Trinajstić information content (AvgIpc) is 2.67. The van der Waals surface area contributed by atoms with Crippen molar-refractivity contribution >= 4 is 5.78 Å². The molecular formula is C21H23F2NO2. The predicted molar refractivity (Wildman–Crippen MR) is 95.8 cm³/mol. The maximum absolute atomic E-state index is 13.0. The number of hydrogen-bond acceptors (Lipinski definition) is 3. The molecule has 2 aromatic rings. The summed E-state index contributed by atoms with van der Waals surface area (Å²) in [6, 6.07) is 11.4. The summed E-state index contributed by atoms with van der Waals surface area (Å²) in [6.45, 7) is 3.35. The Kier molecular flexibility index (Phi) is 5.79. The molecule has 0 aliphatic carbocycles. The third-order valence-corrected chi connectivity index (χ3v) is 5.27. The summed E-state index contributed by atoms with van der Waals surface area (Å²) in [6.07, 6.45) is 0.702. The largest absolute Gasteiger partial charge is 0.387 e. The van der Waals surface area contributed by atoms with E-state index < -0.39 is 6.10 Å². The Morgan fingerprint density at radius 2 is 1.50 bits per heavy atom. The molecule has 1 N–H and O–H groups in total. The van der Waals surface area contributed by atoms with Crippen LogP contribution in [0.15, 0.2) is 48.5 Å². The van der Waals surface area contributed by atoms with Gasteiger partial charge in [-0.15, -0.1) is 0 Å². The fourth-order valence-corrected chi connectivity index (χ4v) is 3.56. The Labute approximate surface area is 152 Å². The topological polar surface area (TPSA) is 40.5 Å². The van der Waals surface area contributed by atoms with Gasteiger partial charge in [-0.05, 0) is 74.8 Å². The molecule has 0 radical (unpaired) electrons. The molecule has 138 valence electrons. The van der Waals surface area contributed by atoms with E-state index in [-0.39, 0.29) is 29.4 Å². The van der Waals surface area contributed by atoms with Crippen LogP contribution in [0, 0.1) is 17.6 Å². The lowest BCUT2D eigenvalue weighted by Gasteiger charge is -2.37. The smallest absolute Gasteiger partial charge is 0.166 e. The second-order valence-corrected chi connectivity index (χ2v) is 6.92. The van der Waals surface area contributed by atoms with Crippen molar-refractivity contribution in [2.45, 2.75) is 31.9 Å². The Bertz CT molecular complexity index is 738. The molecule has 5 heteroatoms. The molecule has 1 aliphatic rings. The zero-order valence-electron chi connectivity index (χ0n) is 14.7. The first-order valence-corrected chi connectivity index (χ1v) is 8.93. The van der Waals surface area contributed by atoms with Crippen LogP contribution >= 0.6 is 0 Å². The number of rotatable bonds is 5. The van der Waals surface area contributed by atoms with Gasteiger partial charge in [0.2, 0.25) is 0 Å². The Balaban J connectivity index is 1.58. The number of hydrogen-bond donors (Lipinski definition) is 1. The van der Waals surface area contributed by atoms with Crippen LogP contribution in [0.2, 0.25) is 0 Å². The number of piperidine rings is 1. The number of carbonyl (C=O) groups is 1. The zero-order valence-corrected chi connectivity index (χ0v) is 14.7. The van der Waals surface area contributed by atoms with Crippen molar-refractivity contribution in [3.63, 3.8) is 0 Å². The standard InChI is InChI=1S/C21H23F2NO2/c1-14(20(25)15-2-6-18(22)7-3-15)24-12-10-17(11-13-24)21(26)16-4-8-19(23)9-5-16/h2-9,14,17,20,25H,10-13H2,1H3. The summed E-state index contributed by atoms with van der Waals surface area (Å²) >= 11 is 0. The Morgan fingerprint density at radius 3 is 2.04 bits per heavy atom. The number of aliphatic hydroxyl groups is 1. The molecule has 3 rings (SSSR count). The van der Waals surface area contributed by atoms with Crippen LogP contribution in [0.1, 0.15) is 41.8 Å². The fourth-order valence-electron chi connectivity index (χ4n) is 3.56. The molecule has 0 aromatic heterocycles. The van der Waals surface area contributed by atoms with Crippen molar-refractivity contribution < 1.29 is 18.7 Å². The van der Waals surface area contributed by atoms with E-state index in [1.165, 1.54) is 36.4 Å². The van der Waals surface area contributed by atoms with Crippen molar-refractivity contribution in [2.24, 2.45) is 5.92 Å². The van der Waals surface area contributed by atoms with Gasteiger partial charge >= 0.3 is 0 Å². The summed E-state index contributed by atoms with van der Waals surface area (Å²) in [5.41, 5.74) is 1.23. The number of likely N-dealkylation sites (tertiary alicyclic amines) is 1. The van der Waals surface area contributed by atoms with Crippen molar-refractivity contribution in [1.82, 2.24) is 4.90 Å². The minimum atomic E-state index is -0.708. The van der Waals surface area contributed by atoms with Gasteiger partial charge < -0.3 is 5.11 Å². The van der Waals surface area contributed by atoms with E-state index in [1.807, 2.05) is 6.92 Å². The second-order valence-electron chi connectivity index (χ2n) is 6.92. The molecule has 1 saturated heterocycles. The lowest BCUT2D eigenvalue weighted by atomic mass is 9.88. The van der Waals surface area contributed by atoms with Crippen LogP contribution in [0.4, 0.5) is 8.78 Å². The molecule has 2 atom stereocenters. The maximum Gasteiger partial charge on any atom is 0.166 e. The number of benzene rings is 2. The van der Waals surface area contributed by atoms with Crippen molar-refractivity contribution in [3.05, 3.63) is 71.3 Å². The third kappa shape index (κ3) is 4.17. The van der Waals surface area contributed by atoms with Gasteiger partial charge in [-0.1, -0.05) is 12.1 Å². The molecule has 0 bridgehead atoms. The van der Waals surface area contributed by atoms with Crippen LogP contribution in [-0.4, -0.2) is 34.9 Å². The highest BCUT2D eigenvalue weighted by atomic mass is 19.1. The fraction of sp³-hybridized carbons (Fsp3) is 0.381. The number of ketones is 1. The molecule has 1 heterocycles. The van der Waals surface area contributed by atoms with E-state index in [0.717, 1.165) is 0 Å². The minimum absolute atomic E-state index is 0.0522. The highest BCUT2D eigenvalue weighted by Crippen LogP contribution is 2.27. The number of aliphatic hydroxyl groups excluding tert-OH is 1. The quantitative estimate of drug-likeness (QED) is 0.821. The summed E-state index contributed by atoms with van der Waals surface area (Å²) in [5.74, 6) is -0.697. The molecule has 0 saturated carbocycles. The van der Waals surface area contributed by atoms with Crippen molar-refractivity contribution in [3.8, 4) is 0 Å². The first-order valence-electron chi connectivity index (χ1n) is 8.93. The Morgan fingerprint density at radius 1 is 1.00 bits per heavy atom. The molecule has 1 aliphatic heterocycles. The van der Waals surface area contributed by atoms with E-state index >= 15 is 0 Å². The van der Waals surface area contributed by atoms with Crippen LogP contribution in [0.5, 0.6) is 0 Å². The second kappa shape index (κ2) is 8.06. The van der Waals surface area contributed by atoms with E-state index in [1.54, 1.807) is 12.1 Å². The Hall–Kier alpha value is -2.11. The zero-order chi connectivity index (χ0) is 18.7. The number of nitrogens with zero attached hydrogens (tertiary/aromatic N) is 1.